The van der Waals surface area contributed by atoms with Crippen molar-refractivity contribution in [3.63, 3.8) is 0 Å². The van der Waals surface area contributed by atoms with E-state index in [1.807, 2.05) is 17.8 Å². The van der Waals surface area contributed by atoms with E-state index in [1.54, 1.807) is 31.6 Å². The van der Waals surface area contributed by atoms with E-state index in [9.17, 15) is 4.79 Å². The van der Waals surface area contributed by atoms with Gasteiger partial charge in [-0.2, -0.15) is 0 Å². The largest absolute Gasteiger partial charge is 0.373 e. The van der Waals surface area contributed by atoms with Crippen LogP contribution in [0.5, 0.6) is 0 Å². The van der Waals surface area contributed by atoms with Crippen LogP contribution < -0.4 is 10.6 Å². The molecule has 3 rings (SSSR count). The number of carbonyl (C=O) groups is 1. The van der Waals surface area contributed by atoms with E-state index in [4.69, 9.17) is 4.74 Å². The molecule has 1 aliphatic heterocycles. The number of amides is 1. The van der Waals surface area contributed by atoms with Gasteiger partial charge in [0.05, 0.1) is 5.56 Å². The molecule has 0 radical (unpaired) electrons. The molecule has 2 aromatic heterocycles. The van der Waals surface area contributed by atoms with E-state index in [1.165, 1.54) is 0 Å². The molecule has 1 saturated heterocycles. The van der Waals surface area contributed by atoms with E-state index in [-0.39, 0.29) is 17.9 Å². The first-order valence-electron chi connectivity index (χ1n) is 8.20. The van der Waals surface area contributed by atoms with Crippen molar-refractivity contribution in [2.45, 2.75) is 18.9 Å². The number of carbonyl (C=O) groups excluding carboxylic acids is 1. The van der Waals surface area contributed by atoms with Crippen molar-refractivity contribution in [3.05, 3.63) is 42.1 Å². The highest BCUT2D eigenvalue weighted by Crippen LogP contribution is 2.32. The minimum absolute atomic E-state index is 0.0798. The van der Waals surface area contributed by atoms with Gasteiger partial charge in [-0.1, -0.05) is 0 Å². The molecule has 1 amide bonds. The Morgan fingerprint density at radius 2 is 2.29 bits per heavy atom. The molecule has 24 heavy (non-hydrogen) atoms. The molecule has 0 aromatic carbocycles. The Hall–Kier alpha value is -2.41. The summed E-state index contributed by atoms with van der Waals surface area (Å²) in [5, 5.41) is 5.94. The molecule has 1 fully saturated rings. The zero-order valence-electron chi connectivity index (χ0n) is 14.0. The molecule has 0 bridgehead atoms. The monoisotopic (exact) mass is 329 g/mol. The number of aryl methyl sites for hydroxylation is 1. The summed E-state index contributed by atoms with van der Waals surface area (Å²) in [4.78, 5) is 20.9. The highest BCUT2D eigenvalue weighted by atomic mass is 16.5. The molecule has 3 heterocycles. The average molecular weight is 329 g/mol. The van der Waals surface area contributed by atoms with Gasteiger partial charge >= 0.3 is 0 Å². The predicted octanol–water partition coefficient (Wildman–Crippen LogP) is 1.75. The van der Waals surface area contributed by atoms with E-state index in [0.717, 1.165) is 31.1 Å². The average Bonchev–Trinajstić information content (AvgIpc) is 3.06. The fourth-order valence-electron chi connectivity index (χ4n) is 2.99. The number of rotatable bonds is 5. The first-order chi connectivity index (χ1) is 11.7. The van der Waals surface area contributed by atoms with E-state index in [2.05, 4.69) is 20.6 Å². The molecule has 7 heteroatoms. The molecule has 0 saturated carbocycles. The molecule has 0 unspecified atom stereocenters. The molecule has 1 aliphatic rings. The minimum Gasteiger partial charge on any atom is -0.373 e. The number of imidazole rings is 1. The van der Waals surface area contributed by atoms with E-state index >= 15 is 0 Å². The zero-order valence-corrected chi connectivity index (χ0v) is 14.0. The number of nitrogens with one attached hydrogen (secondary N) is 2. The van der Waals surface area contributed by atoms with E-state index in [0.29, 0.717) is 12.1 Å². The van der Waals surface area contributed by atoms with Crippen LogP contribution >= 0.6 is 0 Å². The molecule has 7 nitrogen and oxygen atoms in total. The van der Waals surface area contributed by atoms with Crippen molar-refractivity contribution >= 4 is 11.7 Å². The Morgan fingerprint density at radius 1 is 1.42 bits per heavy atom. The second kappa shape index (κ2) is 7.44. The van der Waals surface area contributed by atoms with Crippen LogP contribution in [0.1, 0.15) is 35.1 Å². The standard InChI is InChI=1S/C17H23N5O2/c1-18-14-6-5-13(11-20-14)17(23)21-10-12-4-3-9-24-15(12)16-19-7-8-22(16)2/h5-8,11-12,15H,3-4,9-10H2,1-2H3,(H,18,20)(H,21,23)/t12-,15+/m0/s1. The summed E-state index contributed by atoms with van der Waals surface area (Å²) in [6, 6.07) is 3.55. The maximum Gasteiger partial charge on any atom is 0.252 e. The summed E-state index contributed by atoms with van der Waals surface area (Å²) in [6.07, 6.45) is 7.20. The van der Waals surface area contributed by atoms with Crippen LogP contribution in [0, 0.1) is 5.92 Å². The molecular weight excluding hydrogens is 306 g/mol. The summed E-state index contributed by atoms with van der Waals surface area (Å²) in [7, 11) is 3.76. The minimum atomic E-state index is -0.116. The first-order valence-corrected chi connectivity index (χ1v) is 8.20. The smallest absolute Gasteiger partial charge is 0.252 e. The predicted molar refractivity (Wildman–Crippen MR) is 90.7 cm³/mol. The lowest BCUT2D eigenvalue weighted by Gasteiger charge is -2.31. The number of ether oxygens (including phenoxy) is 1. The van der Waals surface area contributed by atoms with Crippen molar-refractivity contribution in [1.82, 2.24) is 19.9 Å². The van der Waals surface area contributed by atoms with Gasteiger partial charge in [-0.25, -0.2) is 9.97 Å². The Balaban J connectivity index is 1.63. The van der Waals surface area contributed by atoms with Gasteiger partial charge in [0.15, 0.2) is 0 Å². The molecule has 0 spiro atoms. The van der Waals surface area contributed by atoms with Crippen molar-refractivity contribution < 1.29 is 9.53 Å². The van der Waals surface area contributed by atoms with Gasteiger partial charge in [-0.05, 0) is 25.0 Å². The Morgan fingerprint density at radius 3 is 2.96 bits per heavy atom. The van der Waals surface area contributed by atoms with Crippen LogP contribution in [0.25, 0.3) is 0 Å². The Labute approximate surface area is 141 Å². The van der Waals surface area contributed by atoms with Gasteiger partial charge in [-0.15, -0.1) is 0 Å². The third-order valence-corrected chi connectivity index (χ3v) is 4.36. The number of hydrogen-bond acceptors (Lipinski definition) is 5. The van der Waals surface area contributed by atoms with Crippen LogP contribution in [0.15, 0.2) is 30.7 Å². The van der Waals surface area contributed by atoms with Gasteiger partial charge in [0.1, 0.15) is 17.7 Å². The highest BCUT2D eigenvalue weighted by Gasteiger charge is 2.30. The lowest BCUT2D eigenvalue weighted by atomic mass is 9.93. The number of nitrogens with zero attached hydrogens (tertiary/aromatic N) is 3. The molecule has 128 valence electrons. The van der Waals surface area contributed by atoms with Crippen molar-refractivity contribution in [2.24, 2.45) is 13.0 Å². The lowest BCUT2D eigenvalue weighted by Crippen LogP contribution is -2.36. The number of aromatic nitrogens is 3. The zero-order chi connectivity index (χ0) is 16.9. The van der Waals surface area contributed by atoms with Crippen molar-refractivity contribution in [3.8, 4) is 0 Å². The molecule has 0 aliphatic carbocycles. The van der Waals surface area contributed by atoms with Gasteiger partial charge < -0.3 is 19.9 Å². The fraction of sp³-hybridized carbons (Fsp3) is 0.471. The van der Waals surface area contributed by atoms with E-state index < -0.39 is 0 Å². The SMILES string of the molecule is CNc1ccc(C(=O)NC[C@@H]2CCCO[C@H]2c2nccn2C)cn1. The number of anilines is 1. The highest BCUT2D eigenvalue weighted by molar-refractivity contribution is 5.94. The topological polar surface area (TPSA) is 81.1 Å². The van der Waals surface area contributed by atoms with Crippen molar-refractivity contribution in [1.29, 1.82) is 0 Å². The third-order valence-electron chi connectivity index (χ3n) is 4.36. The summed E-state index contributed by atoms with van der Waals surface area (Å²) in [5.41, 5.74) is 0.555. The molecular formula is C17H23N5O2. The molecule has 2 N–H and O–H groups in total. The van der Waals surface area contributed by atoms with Gasteiger partial charge in [0.25, 0.3) is 5.91 Å². The third kappa shape index (κ3) is 3.56. The summed E-state index contributed by atoms with van der Waals surface area (Å²) in [5.74, 6) is 1.75. The fourth-order valence-corrected chi connectivity index (χ4v) is 2.99. The van der Waals surface area contributed by atoms with Gasteiger partial charge in [-0.3, -0.25) is 4.79 Å². The first kappa shape index (κ1) is 16.4. The quantitative estimate of drug-likeness (QED) is 0.873. The molecule has 2 aromatic rings. The maximum absolute atomic E-state index is 12.3. The van der Waals surface area contributed by atoms with Gasteiger partial charge in [0.2, 0.25) is 0 Å². The van der Waals surface area contributed by atoms with Crippen molar-refractivity contribution in [2.75, 3.05) is 25.5 Å². The van der Waals surface area contributed by atoms with Crippen LogP contribution in [-0.2, 0) is 11.8 Å². The summed E-state index contributed by atoms with van der Waals surface area (Å²) in [6.45, 7) is 1.29. The molecule has 2 atom stereocenters. The number of hydrogen-bond donors (Lipinski definition) is 2. The number of pyridine rings is 1. The van der Waals surface area contributed by atoms with Crippen LogP contribution in [-0.4, -0.2) is 40.6 Å². The Kier molecular flexibility index (Phi) is 5.10. The summed E-state index contributed by atoms with van der Waals surface area (Å²) >= 11 is 0. The lowest BCUT2D eigenvalue weighted by molar-refractivity contribution is -0.0337. The Bertz CT molecular complexity index is 683. The second-order valence-corrected chi connectivity index (χ2v) is 5.98. The van der Waals surface area contributed by atoms with Gasteiger partial charge in [0, 0.05) is 51.8 Å². The second-order valence-electron chi connectivity index (χ2n) is 5.98. The normalized spacial score (nSPS) is 20.6. The van der Waals surface area contributed by atoms with Crippen LogP contribution in [0.4, 0.5) is 5.82 Å². The van der Waals surface area contributed by atoms with Crippen LogP contribution in [0.3, 0.4) is 0 Å². The maximum atomic E-state index is 12.3. The summed E-state index contributed by atoms with van der Waals surface area (Å²) < 4.78 is 7.91. The van der Waals surface area contributed by atoms with Crippen LogP contribution in [0.2, 0.25) is 0 Å².